The average molecular weight is 219 g/mol. The van der Waals surface area contributed by atoms with Gasteiger partial charge in [-0.05, 0) is 31.0 Å². The van der Waals surface area contributed by atoms with Crippen LogP contribution in [0.25, 0.3) is 10.2 Å². The molecule has 4 heteroatoms. The average Bonchev–Trinajstić information content (AvgIpc) is 2.97. The van der Waals surface area contributed by atoms with Gasteiger partial charge in [-0.1, -0.05) is 0 Å². The first-order valence-electron chi connectivity index (χ1n) is 4.88. The zero-order valence-corrected chi connectivity index (χ0v) is 8.75. The Hall–Kier alpha value is -1.42. The fourth-order valence-corrected chi connectivity index (χ4v) is 2.70. The third-order valence-electron chi connectivity index (χ3n) is 2.58. The van der Waals surface area contributed by atoms with Crippen molar-refractivity contribution >= 4 is 27.5 Å². The summed E-state index contributed by atoms with van der Waals surface area (Å²) in [6.07, 6.45) is 2.46. The van der Waals surface area contributed by atoms with Crippen molar-refractivity contribution in [1.82, 2.24) is 4.98 Å². The van der Waals surface area contributed by atoms with Crippen LogP contribution in [0, 0.1) is 0 Å². The van der Waals surface area contributed by atoms with Crippen molar-refractivity contribution in [2.75, 3.05) is 0 Å². The molecule has 0 bridgehead atoms. The second-order valence-electron chi connectivity index (χ2n) is 3.81. The van der Waals surface area contributed by atoms with Gasteiger partial charge in [0.15, 0.2) is 0 Å². The number of fused-ring (bicyclic) bond motifs is 1. The number of aromatic carboxylic acids is 1. The van der Waals surface area contributed by atoms with Gasteiger partial charge in [-0.25, -0.2) is 9.78 Å². The number of hydrogen-bond donors (Lipinski definition) is 1. The molecule has 1 aromatic heterocycles. The van der Waals surface area contributed by atoms with E-state index in [0.29, 0.717) is 11.5 Å². The summed E-state index contributed by atoms with van der Waals surface area (Å²) >= 11 is 1.68. The highest BCUT2D eigenvalue weighted by molar-refractivity contribution is 7.18. The molecule has 0 saturated heterocycles. The highest BCUT2D eigenvalue weighted by Crippen LogP contribution is 2.43. The van der Waals surface area contributed by atoms with E-state index in [-0.39, 0.29) is 0 Å². The Balaban J connectivity index is 2.13. The Morgan fingerprint density at radius 3 is 2.93 bits per heavy atom. The Bertz CT molecular complexity index is 543. The van der Waals surface area contributed by atoms with E-state index in [1.165, 1.54) is 12.8 Å². The van der Waals surface area contributed by atoms with Crippen LogP contribution in [-0.4, -0.2) is 16.1 Å². The molecule has 3 nitrogen and oxygen atoms in total. The third-order valence-corrected chi connectivity index (χ3v) is 3.78. The van der Waals surface area contributed by atoms with Gasteiger partial charge in [-0.3, -0.25) is 0 Å². The van der Waals surface area contributed by atoms with Crippen LogP contribution < -0.4 is 0 Å². The first-order valence-corrected chi connectivity index (χ1v) is 5.69. The molecule has 1 N–H and O–H groups in total. The van der Waals surface area contributed by atoms with Crippen LogP contribution in [0.1, 0.15) is 34.1 Å². The second kappa shape index (κ2) is 3.03. The Morgan fingerprint density at radius 1 is 1.47 bits per heavy atom. The molecule has 0 aliphatic heterocycles. The maximum Gasteiger partial charge on any atom is 0.335 e. The van der Waals surface area contributed by atoms with Crippen LogP contribution in [-0.2, 0) is 0 Å². The zero-order chi connectivity index (χ0) is 10.4. The number of benzene rings is 1. The van der Waals surface area contributed by atoms with Crippen LogP contribution in [0.3, 0.4) is 0 Å². The summed E-state index contributed by atoms with van der Waals surface area (Å²) in [5.74, 6) is -0.256. The lowest BCUT2D eigenvalue weighted by Crippen LogP contribution is -1.94. The molecule has 0 atom stereocenters. The SMILES string of the molecule is O=C(O)c1ccc2sc(C3CC3)nc2c1. The number of hydrogen-bond acceptors (Lipinski definition) is 3. The van der Waals surface area contributed by atoms with Crippen molar-refractivity contribution in [3.8, 4) is 0 Å². The van der Waals surface area contributed by atoms with Crippen molar-refractivity contribution in [2.45, 2.75) is 18.8 Å². The topological polar surface area (TPSA) is 50.2 Å². The van der Waals surface area contributed by atoms with Crippen LogP contribution in [0.2, 0.25) is 0 Å². The number of carboxylic acid groups (broad SMARTS) is 1. The minimum atomic E-state index is -0.891. The van der Waals surface area contributed by atoms with Gasteiger partial charge in [0.2, 0.25) is 0 Å². The quantitative estimate of drug-likeness (QED) is 0.844. The minimum absolute atomic E-state index is 0.315. The first kappa shape index (κ1) is 8.85. The number of nitrogens with zero attached hydrogens (tertiary/aromatic N) is 1. The standard InChI is InChI=1S/C11H9NO2S/c13-11(14)7-3-4-9-8(5-7)12-10(15-9)6-1-2-6/h3-6H,1-2H2,(H,13,14). The lowest BCUT2D eigenvalue weighted by molar-refractivity contribution is 0.0697. The van der Waals surface area contributed by atoms with E-state index in [1.54, 1.807) is 23.5 Å². The number of aromatic nitrogens is 1. The fraction of sp³-hybridized carbons (Fsp3) is 0.273. The summed E-state index contributed by atoms with van der Waals surface area (Å²) in [5.41, 5.74) is 1.14. The monoisotopic (exact) mass is 219 g/mol. The Morgan fingerprint density at radius 2 is 2.27 bits per heavy atom. The zero-order valence-electron chi connectivity index (χ0n) is 7.93. The Kier molecular flexibility index (Phi) is 1.79. The molecular formula is C11H9NO2S. The molecule has 1 saturated carbocycles. The normalized spacial score (nSPS) is 15.7. The van der Waals surface area contributed by atoms with Gasteiger partial charge in [-0.2, -0.15) is 0 Å². The van der Waals surface area contributed by atoms with Crippen molar-refractivity contribution < 1.29 is 9.90 Å². The summed E-state index contributed by atoms with van der Waals surface area (Å²) in [6, 6.07) is 5.14. The van der Waals surface area contributed by atoms with Crippen LogP contribution in [0.5, 0.6) is 0 Å². The van der Waals surface area contributed by atoms with Crippen molar-refractivity contribution in [3.63, 3.8) is 0 Å². The Labute approximate surface area is 90.4 Å². The highest BCUT2D eigenvalue weighted by Gasteiger charge is 2.27. The van der Waals surface area contributed by atoms with E-state index in [0.717, 1.165) is 15.2 Å². The molecule has 0 amide bonds. The fourth-order valence-electron chi connectivity index (χ4n) is 1.58. The largest absolute Gasteiger partial charge is 0.478 e. The number of carboxylic acids is 1. The molecule has 0 radical (unpaired) electrons. The van der Waals surface area contributed by atoms with Gasteiger partial charge < -0.3 is 5.11 Å². The second-order valence-corrected chi connectivity index (χ2v) is 4.88. The number of carbonyl (C=O) groups is 1. The summed E-state index contributed by atoms with van der Waals surface area (Å²) in [7, 11) is 0. The molecule has 76 valence electrons. The van der Waals surface area contributed by atoms with Crippen molar-refractivity contribution in [1.29, 1.82) is 0 Å². The van der Waals surface area contributed by atoms with Gasteiger partial charge in [0.25, 0.3) is 0 Å². The van der Waals surface area contributed by atoms with Gasteiger partial charge >= 0.3 is 5.97 Å². The summed E-state index contributed by atoms with van der Waals surface area (Å²) in [6.45, 7) is 0. The van der Waals surface area contributed by atoms with E-state index in [9.17, 15) is 4.79 Å². The number of rotatable bonds is 2. The molecule has 2 aromatic rings. The van der Waals surface area contributed by atoms with E-state index >= 15 is 0 Å². The molecule has 3 rings (SSSR count). The molecular weight excluding hydrogens is 210 g/mol. The van der Waals surface area contributed by atoms with E-state index in [2.05, 4.69) is 4.98 Å². The predicted molar refractivity (Wildman–Crippen MR) is 58.6 cm³/mol. The molecule has 15 heavy (non-hydrogen) atoms. The van der Waals surface area contributed by atoms with Gasteiger partial charge in [0.1, 0.15) is 0 Å². The molecule has 1 heterocycles. The lowest BCUT2D eigenvalue weighted by atomic mass is 10.2. The first-order chi connectivity index (χ1) is 7.24. The molecule has 0 unspecified atom stereocenters. The van der Waals surface area contributed by atoms with Crippen LogP contribution in [0.4, 0.5) is 0 Å². The van der Waals surface area contributed by atoms with Crippen LogP contribution in [0.15, 0.2) is 18.2 Å². The highest BCUT2D eigenvalue weighted by atomic mass is 32.1. The smallest absolute Gasteiger partial charge is 0.335 e. The maximum absolute atomic E-state index is 10.8. The molecule has 0 spiro atoms. The van der Waals surface area contributed by atoms with Crippen molar-refractivity contribution in [3.05, 3.63) is 28.8 Å². The molecule has 1 aromatic carbocycles. The van der Waals surface area contributed by atoms with Gasteiger partial charge in [0, 0.05) is 5.92 Å². The van der Waals surface area contributed by atoms with Gasteiger partial charge in [0.05, 0.1) is 20.8 Å². The number of thiazole rings is 1. The summed E-state index contributed by atoms with van der Waals surface area (Å²) < 4.78 is 1.09. The van der Waals surface area contributed by atoms with E-state index in [1.807, 2.05) is 6.07 Å². The predicted octanol–water partition coefficient (Wildman–Crippen LogP) is 2.87. The maximum atomic E-state index is 10.8. The third kappa shape index (κ3) is 1.51. The summed E-state index contributed by atoms with van der Waals surface area (Å²) in [4.78, 5) is 15.2. The lowest BCUT2D eigenvalue weighted by Gasteiger charge is -1.91. The minimum Gasteiger partial charge on any atom is -0.478 e. The molecule has 1 aliphatic rings. The van der Waals surface area contributed by atoms with E-state index < -0.39 is 5.97 Å². The van der Waals surface area contributed by atoms with Crippen LogP contribution >= 0.6 is 11.3 Å². The molecule has 1 aliphatic carbocycles. The molecule has 1 fully saturated rings. The van der Waals surface area contributed by atoms with Crippen molar-refractivity contribution in [2.24, 2.45) is 0 Å². The summed E-state index contributed by atoms with van der Waals surface area (Å²) in [5, 5.41) is 10.0. The van der Waals surface area contributed by atoms with E-state index in [4.69, 9.17) is 5.11 Å². The van der Waals surface area contributed by atoms with Gasteiger partial charge in [-0.15, -0.1) is 11.3 Å².